The molecular weight excluding hydrogens is 240 g/mol. The normalized spacial score (nSPS) is 20.9. The maximum absolute atomic E-state index is 11.7. The van der Waals surface area contributed by atoms with E-state index in [1.165, 1.54) is 0 Å². The van der Waals surface area contributed by atoms with Gasteiger partial charge in [-0.25, -0.2) is 4.98 Å². The quantitative estimate of drug-likeness (QED) is 0.788. The lowest BCUT2D eigenvalue weighted by atomic mass is 10.3. The number of aromatic nitrogens is 1. The van der Waals surface area contributed by atoms with Gasteiger partial charge in [0.25, 0.3) is 0 Å². The maximum Gasteiger partial charge on any atom is 0.228 e. The molecule has 3 nitrogen and oxygen atoms in total. The van der Waals surface area contributed by atoms with Gasteiger partial charge in [0.05, 0.1) is 15.7 Å². The maximum atomic E-state index is 11.7. The van der Waals surface area contributed by atoms with E-state index in [0.29, 0.717) is 13.0 Å². The molecule has 5 heteroatoms. The number of anilines is 1. The van der Waals surface area contributed by atoms with Gasteiger partial charge in [0, 0.05) is 23.9 Å². The second kappa shape index (κ2) is 3.75. The molecular formula is C11H10N2OS2. The summed E-state index contributed by atoms with van der Waals surface area (Å²) in [5.74, 6) is 0.148. The number of nitrogens with zero attached hydrogens (tertiary/aromatic N) is 2. The number of hydrogen-bond donors (Lipinski definition) is 1. The number of thiol groups is 1. The fraction of sp³-hybridized carbons (Fsp3) is 0.273. The molecule has 0 N–H and O–H groups in total. The van der Waals surface area contributed by atoms with Crippen LogP contribution in [0.3, 0.4) is 0 Å². The summed E-state index contributed by atoms with van der Waals surface area (Å²) in [7, 11) is 0. The van der Waals surface area contributed by atoms with Gasteiger partial charge in [0.15, 0.2) is 0 Å². The SMILES string of the molecule is O=C1CC(S)CN1c1ccc2scnc2c1. The second-order valence-electron chi connectivity index (χ2n) is 3.87. The molecule has 1 atom stereocenters. The highest BCUT2D eigenvalue weighted by Crippen LogP contribution is 2.28. The lowest BCUT2D eigenvalue weighted by Crippen LogP contribution is -2.24. The van der Waals surface area contributed by atoms with Crippen LogP contribution in [-0.4, -0.2) is 22.7 Å². The van der Waals surface area contributed by atoms with E-state index in [-0.39, 0.29) is 11.2 Å². The second-order valence-corrected chi connectivity index (χ2v) is 5.48. The van der Waals surface area contributed by atoms with Crippen LogP contribution in [0.5, 0.6) is 0 Å². The van der Waals surface area contributed by atoms with Crippen molar-refractivity contribution >= 4 is 45.8 Å². The fourth-order valence-electron chi connectivity index (χ4n) is 1.95. The number of fused-ring (bicyclic) bond motifs is 1. The standard InChI is InChI=1S/C11H10N2OS2/c14-11-4-8(15)5-13(11)7-1-2-10-9(3-7)12-6-16-10/h1-3,6,8,15H,4-5H2. The van der Waals surface area contributed by atoms with Gasteiger partial charge in [-0.15, -0.1) is 11.3 Å². The van der Waals surface area contributed by atoms with Crippen molar-refractivity contribution in [1.29, 1.82) is 0 Å². The first-order valence-electron chi connectivity index (χ1n) is 5.06. The van der Waals surface area contributed by atoms with E-state index < -0.39 is 0 Å². The zero-order chi connectivity index (χ0) is 11.1. The molecule has 3 rings (SSSR count). The number of amides is 1. The third-order valence-corrected chi connectivity index (χ3v) is 3.89. The van der Waals surface area contributed by atoms with E-state index in [0.717, 1.165) is 15.9 Å². The fourth-order valence-corrected chi connectivity index (χ4v) is 2.93. The Morgan fingerprint density at radius 1 is 1.50 bits per heavy atom. The van der Waals surface area contributed by atoms with E-state index in [9.17, 15) is 4.79 Å². The molecule has 0 spiro atoms. The van der Waals surface area contributed by atoms with Crippen molar-refractivity contribution < 1.29 is 4.79 Å². The third-order valence-electron chi connectivity index (χ3n) is 2.73. The molecule has 82 valence electrons. The van der Waals surface area contributed by atoms with Crippen molar-refractivity contribution in [1.82, 2.24) is 4.98 Å². The predicted octanol–water partition coefficient (Wildman–Crippen LogP) is 2.33. The summed E-state index contributed by atoms with van der Waals surface area (Å²) in [6, 6.07) is 5.96. The van der Waals surface area contributed by atoms with Gasteiger partial charge in [-0.2, -0.15) is 12.6 Å². The zero-order valence-electron chi connectivity index (χ0n) is 8.46. The largest absolute Gasteiger partial charge is 0.311 e. The Balaban J connectivity index is 2.02. The molecule has 1 fully saturated rings. The van der Waals surface area contributed by atoms with Crippen LogP contribution in [0, 0.1) is 0 Å². The van der Waals surface area contributed by atoms with E-state index >= 15 is 0 Å². The molecule has 1 aliphatic heterocycles. The molecule has 2 heterocycles. The van der Waals surface area contributed by atoms with Gasteiger partial charge < -0.3 is 4.90 Å². The van der Waals surface area contributed by atoms with Crippen molar-refractivity contribution in [3.8, 4) is 0 Å². The molecule has 0 radical (unpaired) electrons. The highest BCUT2D eigenvalue weighted by atomic mass is 32.1. The molecule has 1 aromatic heterocycles. The van der Waals surface area contributed by atoms with Crippen LogP contribution >= 0.6 is 24.0 Å². The summed E-state index contributed by atoms with van der Waals surface area (Å²) in [4.78, 5) is 17.8. The van der Waals surface area contributed by atoms with Gasteiger partial charge >= 0.3 is 0 Å². The van der Waals surface area contributed by atoms with Crippen LogP contribution in [0.25, 0.3) is 10.2 Å². The van der Waals surface area contributed by atoms with Crippen LogP contribution in [0.15, 0.2) is 23.7 Å². The lowest BCUT2D eigenvalue weighted by molar-refractivity contribution is -0.117. The molecule has 16 heavy (non-hydrogen) atoms. The Bertz CT molecular complexity index is 552. The van der Waals surface area contributed by atoms with E-state index in [1.54, 1.807) is 16.2 Å². The topological polar surface area (TPSA) is 33.2 Å². The molecule has 1 unspecified atom stereocenters. The summed E-state index contributed by atoms with van der Waals surface area (Å²) in [6.45, 7) is 0.692. The lowest BCUT2D eigenvalue weighted by Gasteiger charge is -2.15. The van der Waals surface area contributed by atoms with E-state index in [4.69, 9.17) is 0 Å². The average Bonchev–Trinajstić information content (AvgIpc) is 2.83. The number of thiazole rings is 1. The van der Waals surface area contributed by atoms with Crippen molar-refractivity contribution in [2.75, 3.05) is 11.4 Å². The highest BCUT2D eigenvalue weighted by Gasteiger charge is 2.28. The predicted molar refractivity (Wildman–Crippen MR) is 69.4 cm³/mol. The smallest absolute Gasteiger partial charge is 0.228 e. The molecule has 2 aromatic rings. The number of rotatable bonds is 1. The van der Waals surface area contributed by atoms with Crippen molar-refractivity contribution in [3.63, 3.8) is 0 Å². The minimum absolute atomic E-state index is 0.148. The molecule has 1 amide bonds. The third kappa shape index (κ3) is 1.60. The highest BCUT2D eigenvalue weighted by molar-refractivity contribution is 7.81. The summed E-state index contributed by atoms with van der Waals surface area (Å²) in [5.41, 5.74) is 3.71. The summed E-state index contributed by atoms with van der Waals surface area (Å²) >= 11 is 5.96. The molecule has 0 aliphatic carbocycles. The van der Waals surface area contributed by atoms with Gasteiger partial charge in [-0.1, -0.05) is 0 Å². The van der Waals surface area contributed by atoms with Gasteiger partial charge in [0.1, 0.15) is 0 Å². The summed E-state index contributed by atoms with van der Waals surface area (Å²) in [6.07, 6.45) is 0.526. The number of hydrogen-bond acceptors (Lipinski definition) is 4. The Hall–Kier alpha value is -1.07. The van der Waals surface area contributed by atoms with Crippen LogP contribution < -0.4 is 4.90 Å². The van der Waals surface area contributed by atoms with Crippen molar-refractivity contribution in [2.24, 2.45) is 0 Å². The van der Waals surface area contributed by atoms with Crippen molar-refractivity contribution in [3.05, 3.63) is 23.7 Å². The minimum atomic E-state index is 0.148. The van der Waals surface area contributed by atoms with E-state index in [2.05, 4.69) is 17.6 Å². The molecule has 1 aromatic carbocycles. The van der Waals surface area contributed by atoms with Crippen LogP contribution in [0.4, 0.5) is 5.69 Å². The molecule has 1 saturated heterocycles. The van der Waals surface area contributed by atoms with Crippen LogP contribution in [-0.2, 0) is 4.79 Å². The molecule has 0 saturated carbocycles. The number of carbonyl (C=O) groups is 1. The molecule has 0 bridgehead atoms. The Labute approximate surface area is 103 Å². The Morgan fingerprint density at radius 3 is 3.12 bits per heavy atom. The monoisotopic (exact) mass is 250 g/mol. The van der Waals surface area contributed by atoms with Gasteiger partial charge in [-0.3, -0.25) is 4.79 Å². The van der Waals surface area contributed by atoms with Gasteiger partial charge in [0.2, 0.25) is 5.91 Å². The zero-order valence-corrected chi connectivity index (χ0v) is 10.2. The van der Waals surface area contributed by atoms with Crippen LogP contribution in [0.2, 0.25) is 0 Å². The van der Waals surface area contributed by atoms with Crippen molar-refractivity contribution in [2.45, 2.75) is 11.7 Å². The summed E-state index contributed by atoms with van der Waals surface area (Å²) < 4.78 is 1.15. The number of carbonyl (C=O) groups excluding carboxylic acids is 1. The molecule has 1 aliphatic rings. The van der Waals surface area contributed by atoms with Crippen LogP contribution in [0.1, 0.15) is 6.42 Å². The summed E-state index contributed by atoms with van der Waals surface area (Å²) in [5, 5.41) is 0.152. The number of benzene rings is 1. The average molecular weight is 250 g/mol. The van der Waals surface area contributed by atoms with E-state index in [1.807, 2.05) is 23.7 Å². The first kappa shape index (κ1) is 10.1. The Morgan fingerprint density at radius 2 is 2.38 bits per heavy atom. The first-order valence-corrected chi connectivity index (χ1v) is 6.45. The Kier molecular flexibility index (Phi) is 2.37. The van der Waals surface area contributed by atoms with Gasteiger partial charge in [-0.05, 0) is 18.2 Å². The minimum Gasteiger partial charge on any atom is -0.311 e. The first-order chi connectivity index (χ1) is 7.74.